The van der Waals surface area contributed by atoms with Gasteiger partial charge in [-0.3, -0.25) is 5.43 Å². The van der Waals surface area contributed by atoms with Crippen LogP contribution in [0.2, 0.25) is 0 Å². The van der Waals surface area contributed by atoms with Gasteiger partial charge in [0.2, 0.25) is 0 Å². The van der Waals surface area contributed by atoms with Crippen LogP contribution in [-0.4, -0.2) is 24.2 Å². The summed E-state index contributed by atoms with van der Waals surface area (Å²) in [6.45, 7) is 1.81. The minimum Gasteiger partial charge on any atom is -0.409 e. The van der Waals surface area contributed by atoms with E-state index >= 15 is 0 Å². The van der Waals surface area contributed by atoms with E-state index in [4.69, 9.17) is 4.74 Å². The molecule has 1 amide bonds. The lowest BCUT2D eigenvalue weighted by atomic mass is 10.2. The number of nitrogens with zero attached hydrogens (tertiary/aromatic N) is 1. The zero-order chi connectivity index (χ0) is 11.2. The number of amides is 1. The van der Waals surface area contributed by atoms with Crippen molar-refractivity contribution in [2.24, 2.45) is 0 Å². The predicted octanol–water partition coefficient (Wildman–Crippen LogP) is 2.18. The van der Waals surface area contributed by atoms with Gasteiger partial charge in [0.05, 0.1) is 0 Å². The summed E-state index contributed by atoms with van der Waals surface area (Å²) >= 11 is 0. The van der Waals surface area contributed by atoms with Gasteiger partial charge < -0.3 is 4.74 Å². The summed E-state index contributed by atoms with van der Waals surface area (Å²) < 4.78 is 5.13. The van der Waals surface area contributed by atoms with Crippen LogP contribution in [0.1, 0.15) is 19.3 Å². The first-order valence-corrected chi connectivity index (χ1v) is 5.63. The van der Waals surface area contributed by atoms with Crippen molar-refractivity contribution in [1.82, 2.24) is 10.4 Å². The van der Waals surface area contributed by atoms with Crippen molar-refractivity contribution in [3.63, 3.8) is 0 Å². The SMILES string of the molecule is O=C(NN1CCCCC1)Oc1ccccc1. The van der Waals surface area contributed by atoms with Crippen LogP contribution in [-0.2, 0) is 0 Å². The lowest BCUT2D eigenvalue weighted by molar-refractivity contribution is 0.129. The molecule has 0 spiro atoms. The van der Waals surface area contributed by atoms with E-state index in [1.807, 2.05) is 23.2 Å². The molecule has 1 saturated heterocycles. The van der Waals surface area contributed by atoms with E-state index < -0.39 is 6.09 Å². The molecule has 1 heterocycles. The second-order valence-electron chi connectivity index (χ2n) is 3.86. The van der Waals surface area contributed by atoms with Gasteiger partial charge in [0.1, 0.15) is 5.75 Å². The van der Waals surface area contributed by atoms with Crippen LogP contribution in [0, 0.1) is 0 Å². The molecule has 0 radical (unpaired) electrons. The Morgan fingerprint density at radius 3 is 2.50 bits per heavy atom. The first-order chi connectivity index (χ1) is 7.84. The van der Waals surface area contributed by atoms with Crippen molar-refractivity contribution >= 4 is 6.09 Å². The predicted molar refractivity (Wildman–Crippen MR) is 61.0 cm³/mol. The van der Waals surface area contributed by atoms with Crippen LogP contribution in [0.4, 0.5) is 4.79 Å². The normalized spacial score (nSPS) is 16.8. The van der Waals surface area contributed by atoms with Gasteiger partial charge in [-0.15, -0.1) is 0 Å². The summed E-state index contributed by atoms with van der Waals surface area (Å²) in [5.74, 6) is 0.567. The first kappa shape index (κ1) is 11.0. The summed E-state index contributed by atoms with van der Waals surface area (Å²) in [7, 11) is 0. The van der Waals surface area contributed by atoms with Gasteiger partial charge in [0.25, 0.3) is 0 Å². The van der Waals surface area contributed by atoms with Crippen LogP contribution in [0.3, 0.4) is 0 Å². The van der Waals surface area contributed by atoms with E-state index in [0.717, 1.165) is 25.9 Å². The summed E-state index contributed by atoms with van der Waals surface area (Å²) in [5, 5.41) is 1.91. The highest BCUT2D eigenvalue weighted by atomic mass is 16.6. The van der Waals surface area contributed by atoms with Crippen molar-refractivity contribution < 1.29 is 9.53 Å². The highest BCUT2D eigenvalue weighted by Crippen LogP contribution is 2.09. The smallest absolute Gasteiger partial charge is 0.409 e. The summed E-state index contributed by atoms with van der Waals surface area (Å²) in [4.78, 5) is 11.5. The zero-order valence-corrected chi connectivity index (χ0v) is 9.19. The molecule has 0 atom stereocenters. The molecule has 4 nitrogen and oxygen atoms in total. The lowest BCUT2D eigenvalue weighted by Crippen LogP contribution is -2.46. The highest BCUT2D eigenvalue weighted by Gasteiger charge is 2.13. The zero-order valence-electron chi connectivity index (χ0n) is 9.19. The third-order valence-electron chi connectivity index (χ3n) is 2.56. The molecule has 86 valence electrons. The number of carbonyl (C=O) groups is 1. The quantitative estimate of drug-likeness (QED) is 0.830. The van der Waals surface area contributed by atoms with Crippen molar-refractivity contribution in [3.05, 3.63) is 30.3 Å². The van der Waals surface area contributed by atoms with Crippen molar-refractivity contribution in [2.45, 2.75) is 19.3 Å². The Bertz CT molecular complexity index is 334. The molecule has 0 bridgehead atoms. The minimum atomic E-state index is -0.409. The van der Waals surface area contributed by atoms with E-state index in [2.05, 4.69) is 5.43 Å². The second kappa shape index (κ2) is 5.51. The Labute approximate surface area is 95.2 Å². The molecular weight excluding hydrogens is 204 g/mol. The number of carbonyl (C=O) groups excluding carboxylic acids is 1. The van der Waals surface area contributed by atoms with E-state index in [9.17, 15) is 4.79 Å². The Morgan fingerprint density at radius 2 is 1.81 bits per heavy atom. The van der Waals surface area contributed by atoms with Gasteiger partial charge in [-0.1, -0.05) is 24.6 Å². The molecule has 0 unspecified atom stereocenters. The van der Waals surface area contributed by atoms with Crippen LogP contribution in [0.25, 0.3) is 0 Å². The fourth-order valence-electron chi connectivity index (χ4n) is 1.75. The fraction of sp³-hybridized carbons (Fsp3) is 0.417. The molecule has 16 heavy (non-hydrogen) atoms. The topological polar surface area (TPSA) is 41.6 Å². The number of hydrogen-bond donors (Lipinski definition) is 1. The maximum atomic E-state index is 11.5. The summed E-state index contributed by atoms with van der Waals surface area (Å²) in [6, 6.07) is 9.08. The maximum Gasteiger partial charge on any atom is 0.427 e. The maximum absolute atomic E-state index is 11.5. The van der Waals surface area contributed by atoms with Gasteiger partial charge in [0, 0.05) is 13.1 Å². The van der Waals surface area contributed by atoms with Crippen molar-refractivity contribution in [2.75, 3.05) is 13.1 Å². The highest BCUT2D eigenvalue weighted by molar-refractivity contribution is 5.69. The Hall–Kier alpha value is -1.55. The third-order valence-corrected chi connectivity index (χ3v) is 2.56. The van der Waals surface area contributed by atoms with E-state index in [1.165, 1.54) is 6.42 Å². The number of ether oxygens (including phenoxy) is 1. The van der Waals surface area contributed by atoms with Crippen molar-refractivity contribution in [1.29, 1.82) is 0 Å². The Morgan fingerprint density at radius 1 is 1.12 bits per heavy atom. The molecule has 1 aliphatic rings. The van der Waals surface area contributed by atoms with Gasteiger partial charge >= 0.3 is 6.09 Å². The number of hydrazine groups is 1. The van der Waals surface area contributed by atoms with Crippen LogP contribution >= 0.6 is 0 Å². The molecule has 0 aliphatic carbocycles. The summed E-state index contributed by atoms with van der Waals surface area (Å²) in [5.41, 5.74) is 2.74. The monoisotopic (exact) mass is 220 g/mol. The summed E-state index contributed by atoms with van der Waals surface area (Å²) in [6.07, 6.45) is 3.09. The van der Waals surface area contributed by atoms with Crippen LogP contribution < -0.4 is 10.2 Å². The van der Waals surface area contributed by atoms with Crippen molar-refractivity contribution in [3.8, 4) is 5.75 Å². The van der Waals surface area contributed by atoms with Gasteiger partial charge in [0.15, 0.2) is 0 Å². The largest absolute Gasteiger partial charge is 0.427 e. The average molecular weight is 220 g/mol. The first-order valence-electron chi connectivity index (χ1n) is 5.63. The molecule has 2 rings (SSSR count). The van der Waals surface area contributed by atoms with E-state index in [0.29, 0.717) is 5.75 Å². The molecule has 0 saturated carbocycles. The lowest BCUT2D eigenvalue weighted by Gasteiger charge is -2.26. The molecule has 1 N–H and O–H groups in total. The number of benzene rings is 1. The van der Waals surface area contributed by atoms with E-state index in [-0.39, 0.29) is 0 Å². The van der Waals surface area contributed by atoms with Gasteiger partial charge in [-0.05, 0) is 25.0 Å². The Kier molecular flexibility index (Phi) is 3.77. The molecule has 1 fully saturated rings. The molecule has 4 heteroatoms. The number of hydrogen-bond acceptors (Lipinski definition) is 3. The molecule has 1 aromatic rings. The molecule has 0 aromatic heterocycles. The number of piperidine rings is 1. The fourth-order valence-corrected chi connectivity index (χ4v) is 1.75. The number of nitrogens with one attached hydrogen (secondary N) is 1. The average Bonchev–Trinajstić information content (AvgIpc) is 2.31. The minimum absolute atomic E-state index is 0.409. The number of para-hydroxylation sites is 1. The third kappa shape index (κ3) is 3.24. The molecule has 1 aliphatic heterocycles. The van der Waals surface area contributed by atoms with Crippen LogP contribution in [0.15, 0.2) is 30.3 Å². The standard InChI is InChI=1S/C12H16N2O2/c15-12(13-14-9-5-2-6-10-14)16-11-7-3-1-4-8-11/h1,3-4,7-8H,2,5-6,9-10H2,(H,13,15). The Balaban J connectivity index is 1.80. The van der Waals surface area contributed by atoms with E-state index in [1.54, 1.807) is 12.1 Å². The van der Waals surface area contributed by atoms with Gasteiger partial charge in [-0.2, -0.15) is 0 Å². The molecule has 1 aromatic carbocycles. The second-order valence-corrected chi connectivity index (χ2v) is 3.86. The number of rotatable bonds is 2. The molecular formula is C12H16N2O2. The van der Waals surface area contributed by atoms with Gasteiger partial charge in [-0.25, -0.2) is 9.80 Å². The van der Waals surface area contributed by atoms with Crippen LogP contribution in [0.5, 0.6) is 5.75 Å².